The molecule has 2 N–H and O–H groups in total. The van der Waals surface area contributed by atoms with Crippen molar-refractivity contribution in [1.82, 2.24) is 19.4 Å². The van der Waals surface area contributed by atoms with Crippen LogP contribution in [0.15, 0.2) is 97.8 Å². The van der Waals surface area contributed by atoms with Gasteiger partial charge in [0.05, 0.1) is 22.6 Å². The van der Waals surface area contributed by atoms with E-state index >= 15 is 4.39 Å². The highest BCUT2D eigenvalue weighted by Crippen LogP contribution is 2.45. The van der Waals surface area contributed by atoms with Crippen LogP contribution in [0.2, 0.25) is 5.02 Å². The van der Waals surface area contributed by atoms with Gasteiger partial charge in [0.1, 0.15) is 22.5 Å². The minimum atomic E-state index is -0.630. The summed E-state index contributed by atoms with van der Waals surface area (Å²) in [7, 11) is 0. The Labute approximate surface area is 273 Å². The first-order valence-corrected chi connectivity index (χ1v) is 15.7. The molecule has 9 heteroatoms. The molecule has 0 atom stereocenters. The van der Waals surface area contributed by atoms with Gasteiger partial charge >= 0.3 is 0 Å². The van der Waals surface area contributed by atoms with Crippen molar-refractivity contribution in [3.63, 3.8) is 0 Å². The second kappa shape index (κ2) is 11.1. The molecule has 0 radical (unpaired) electrons. The predicted molar refractivity (Wildman–Crippen MR) is 184 cm³/mol. The van der Waals surface area contributed by atoms with Crippen LogP contribution in [0, 0.1) is 5.82 Å². The van der Waals surface area contributed by atoms with Gasteiger partial charge in [0.2, 0.25) is 5.91 Å². The van der Waals surface area contributed by atoms with Gasteiger partial charge in [0, 0.05) is 35.6 Å². The zero-order chi connectivity index (χ0) is 32.4. The molecule has 0 unspecified atom stereocenters. The van der Waals surface area contributed by atoms with Crippen molar-refractivity contribution < 1.29 is 19.4 Å². The number of halogens is 2. The normalized spacial score (nSPS) is 14.0. The Hall–Kier alpha value is -5.47. The van der Waals surface area contributed by atoms with E-state index in [1.165, 1.54) is 12.1 Å². The van der Waals surface area contributed by atoms with Gasteiger partial charge in [-0.05, 0) is 76.4 Å². The van der Waals surface area contributed by atoms with E-state index in [2.05, 4.69) is 6.58 Å². The van der Waals surface area contributed by atoms with Crippen LogP contribution in [-0.2, 0) is 4.79 Å². The minimum absolute atomic E-state index is 0.0102. The number of phenolic OH excluding ortho intramolecular Hbond substituents is 2. The number of carbonyl (C=O) groups excluding carboxylic acids is 1. The number of likely N-dealkylation sites (tertiary alicyclic amines) is 1. The lowest BCUT2D eigenvalue weighted by molar-refractivity contribution is -0.127. The molecule has 1 aliphatic rings. The number of carbonyl (C=O) groups is 1. The number of imidazole rings is 1. The molecule has 47 heavy (non-hydrogen) atoms. The summed E-state index contributed by atoms with van der Waals surface area (Å²) in [5.74, 6) is -0.692. The van der Waals surface area contributed by atoms with Crippen molar-refractivity contribution in [3.05, 3.63) is 109 Å². The van der Waals surface area contributed by atoms with E-state index in [1.807, 2.05) is 53.1 Å². The predicted octanol–water partition coefficient (Wildman–Crippen LogP) is 8.78. The summed E-state index contributed by atoms with van der Waals surface area (Å²) in [6.45, 7) is 4.72. The molecule has 0 spiro atoms. The third kappa shape index (κ3) is 4.67. The summed E-state index contributed by atoms with van der Waals surface area (Å²) >= 11 is 6.96. The molecular formula is C38H28ClFN4O3. The molecular weight excluding hydrogens is 615 g/mol. The number of rotatable bonds is 4. The molecule has 8 rings (SSSR count). The number of amides is 1. The number of piperidine rings is 1. The maximum Gasteiger partial charge on any atom is 0.245 e. The molecule has 0 bridgehead atoms. The SMILES string of the molecule is C=CC(=O)N1CCC(n2cnc3c(-c4cc(O)cc5ccccc45)nc4c(F)c(-c5cc(O)cc6ccccc56)c(Cl)cc4c32)CC1. The summed E-state index contributed by atoms with van der Waals surface area (Å²) in [6, 6.07) is 23.2. The van der Waals surface area contributed by atoms with Gasteiger partial charge in [0.25, 0.3) is 0 Å². The smallest absolute Gasteiger partial charge is 0.245 e. The minimum Gasteiger partial charge on any atom is -0.508 e. The van der Waals surface area contributed by atoms with Gasteiger partial charge < -0.3 is 19.7 Å². The van der Waals surface area contributed by atoms with Crippen LogP contribution in [-0.4, -0.2) is 48.6 Å². The lowest BCUT2D eigenvalue weighted by Gasteiger charge is -2.32. The molecule has 0 saturated carbocycles. The zero-order valence-corrected chi connectivity index (χ0v) is 25.9. The summed E-state index contributed by atoms with van der Waals surface area (Å²) in [5, 5.41) is 25.1. The number of fused-ring (bicyclic) bond motifs is 5. The number of aromatic nitrogens is 3. The molecule has 7 aromatic rings. The molecule has 3 heterocycles. The second-order valence-electron chi connectivity index (χ2n) is 11.9. The van der Waals surface area contributed by atoms with Crippen molar-refractivity contribution in [1.29, 1.82) is 0 Å². The van der Waals surface area contributed by atoms with E-state index in [0.29, 0.717) is 59.2 Å². The van der Waals surface area contributed by atoms with Crippen LogP contribution >= 0.6 is 11.6 Å². The van der Waals surface area contributed by atoms with Gasteiger partial charge in [-0.25, -0.2) is 14.4 Å². The van der Waals surface area contributed by atoms with E-state index in [1.54, 1.807) is 35.5 Å². The van der Waals surface area contributed by atoms with E-state index in [-0.39, 0.29) is 39.6 Å². The Balaban J connectivity index is 1.43. The quantitative estimate of drug-likeness (QED) is 0.187. The first-order valence-electron chi connectivity index (χ1n) is 15.4. The number of pyridine rings is 1. The topological polar surface area (TPSA) is 91.5 Å². The number of hydrogen-bond acceptors (Lipinski definition) is 5. The summed E-state index contributed by atoms with van der Waals surface area (Å²) in [5.41, 5.74) is 2.92. The molecule has 232 valence electrons. The Morgan fingerprint density at radius 3 is 2.15 bits per heavy atom. The maximum absolute atomic E-state index is 17.2. The number of phenols is 2. The monoisotopic (exact) mass is 642 g/mol. The van der Waals surface area contributed by atoms with Crippen LogP contribution in [0.3, 0.4) is 0 Å². The van der Waals surface area contributed by atoms with E-state index in [4.69, 9.17) is 21.6 Å². The lowest BCUT2D eigenvalue weighted by atomic mass is 9.95. The Morgan fingerprint density at radius 1 is 0.872 bits per heavy atom. The van der Waals surface area contributed by atoms with Gasteiger partial charge in [-0.1, -0.05) is 66.7 Å². The highest BCUT2D eigenvalue weighted by atomic mass is 35.5. The summed E-state index contributed by atoms with van der Waals surface area (Å²) in [4.78, 5) is 23.9. The van der Waals surface area contributed by atoms with Crippen LogP contribution in [0.4, 0.5) is 4.39 Å². The fraction of sp³-hybridized carbons (Fsp3) is 0.132. The molecule has 1 fully saturated rings. The van der Waals surface area contributed by atoms with E-state index in [9.17, 15) is 15.0 Å². The Bertz CT molecular complexity index is 2430. The first-order chi connectivity index (χ1) is 22.8. The van der Waals surface area contributed by atoms with E-state index in [0.717, 1.165) is 21.5 Å². The molecule has 0 aliphatic carbocycles. The summed E-state index contributed by atoms with van der Waals surface area (Å²) in [6.07, 6.45) is 4.42. The Kier molecular flexibility index (Phi) is 6.84. The molecule has 1 saturated heterocycles. The molecule has 1 amide bonds. The van der Waals surface area contributed by atoms with Crippen molar-refractivity contribution in [3.8, 4) is 33.9 Å². The highest BCUT2D eigenvalue weighted by molar-refractivity contribution is 6.35. The van der Waals surface area contributed by atoms with Crippen LogP contribution < -0.4 is 0 Å². The van der Waals surface area contributed by atoms with Crippen LogP contribution in [0.5, 0.6) is 11.5 Å². The third-order valence-electron chi connectivity index (χ3n) is 9.25. The number of benzene rings is 5. The average molecular weight is 643 g/mol. The van der Waals surface area contributed by atoms with Crippen molar-refractivity contribution >= 4 is 61.0 Å². The first kappa shape index (κ1) is 29.0. The largest absolute Gasteiger partial charge is 0.508 e. The van der Waals surface area contributed by atoms with E-state index < -0.39 is 5.82 Å². The summed E-state index contributed by atoms with van der Waals surface area (Å²) < 4.78 is 19.2. The van der Waals surface area contributed by atoms with Gasteiger partial charge in [-0.15, -0.1) is 0 Å². The highest BCUT2D eigenvalue weighted by Gasteiger charge is 2.28. The van der Waals surface area contributed by atoms with Crippen molar-refractivity contribution in [2.24, 2.45) is 0 Å². The molecule has 5 aromatic carbocycles. The molecule has 2 aromatic heterocycles. The van der Waals surface area contributed by atoms with Crippen LogP contribution in [0.25, 0.3) is 65.9 Å². The third-order valence-corrected chi connectivity index (χ3v) is 9.55. The lowest BCUT2D eigenvalue weighted by Crippen LogP contribution is -2.38. The molecule has 7 nitrogen and oxygen atoms in total. The molecule has 1 aliphatic heterocycles. The number of hydrogen-bond donors (Lipinski definition) is 2. The Morgan fingerprint density at radius 2 is 1.49 bits per heavy atom. The van der Waals surface area contributed by atoms with Gasteiger partial charge in [-0.2, -0.15) is 0 Å². The number of aromatic hydroxyl groups is 2. The fourth-order valence-electron chi connectivity index (χ4n) is 7.06. The van der Waals surface area contributed by atoms with Crippen molar-refractivity contribution in [2.75, 3.05) is 13.1 Å². The zero-order valence-electron chi connectivity index (χ0n) is 25.1. The second-order valence-corrected chi connectivity index (χ2v) is 12.3. The van der Waals surface area contributed by atoms with Crippen molar-refractivity contribution in [2.45, 2.75) is 18.9 Å². The van der Waals surface area contributed by atoms with Gasteiger partial charge in [-0.3, -0.25) is 4.79 Å². The van der Waals surface area contributed by atoms with Crippen LogP contribution in [0.1, 0.15) is 18.9 Å². The van der Waals surface area contributed by atoms with Gasteiger partial charge in [0.15, 0.2) is 5.82 Å². The maximum atomic E-state index is 17.2. The number of nitrogens with zero attached hydrogens (tertiary/aromatic N) is 4. The standard InChI is InChI=1S/C38H28ClFN4O3/c1-2-32(47)43-13-11-23(12-14-43)44-20-41-37-36(29-18-25(46)16-22-8-4-6-10-27(22)29)42-35-30(38(37)44)19-31(39)33(34(35)40)28-17-24(45)15-21-7-3-5-9-26(21)28/h2-10,15-20,23,45-46H,1,11-14H2. The average Bonchev–Trinajstić information content (AvgIpc) is 3.53. The fourth-order valence-corrected chi connectivity index (χ4v) is 7.36.